The summed E-state index contributed by atoms with van der Waals surface area (Å²) in [6, 6.07) is 8.51. The van der Waals surface area contributed by atoms with Crippen molar-refractivity contribution in [2.75, 3.05) is 13.2 Å². The lowest BCUT2D eigenvalue weighted by atomic mass is 10.1. The van der Waals surface area contributed by atoms with Gasteiger partial charge in [0.25, 0.3) is 0 Å². The number of ether oxygens (including phenoxy) is 2. The minimum absolute atomic E-state index is 0.211. The number of aryl methyl sites for hydroxylation is 2. The molecule has 0 fully saturated rings. The molecule has 0 saturated carbocycles. The fraction of sp³-hybridized carbons (Fsp3) is 0.333. The normalized spacial score (nSPS) is 14.4. The summed E-state index contributed by atoms with van der Waals surface area (Å²) in [6.45, 7) is 5.29. The summed E-state index contributed by atoms with van der Waals surface area (Å²) in [6.07, 6.45) is -2.27. The Morgan fingerprint density at radius 2 is 1.90 bits per heavy atom. The quantitative estimate of drug-likeness (QED) is 0.636. The van der Waals surface area contributed by atoms with Crippen molar-refractivity contribution >= 4 is 0 Å². The van der Waals surface area contributed by atoms with E-state index in [0.717, 1.165) is 28.2 Å². The van der Waals surface area contributed by atoms with Crippen LogP contribution in [0.1, 0.15) is 17.0 Å². The summed E-state index contributed by atoms with van der Waals surface area (Å²) in [7, 11) is 0. The molecule has 0 N–H and O–H groups in total. The van der Waals surface area contributed by atoms with Crippen molar-refractivity contribution in [2.45, 2.75) is 33.2 Å². The Morgan fingerprint density at radius 3 is 2.62 bits per heavy atom. The number of alkyl halides is 3. The molecule has 0 atom stereocenters. The molecule has 3 heterocycles. The molecular weight excluding hydrogens is 383 g/mol. The van der Waals surface area contributed by atoms with Crippen molar-refractivity contribution in [1.82, 2.24) is 14.5 Å². The van der Waals surface area contributed by atoms with Crippen LogP contribution in [0.15, 0.2) is 36.5 Å². The number of imidazole rings is 1. The average Bonchev–Trinajstić information content (AvgIpc) is 2.84. The standard InChI is InChI=1S/C21H20F3N3O2/c1-13-11-16(3-4-18(13)29-21(22,23)24)20-26-19(15-5-7-25-14(2)12-15)17-6-9-28-10-8-27(17)20/h3-5,7,11-12H,6,8-10H2,1-2H3. The van der Waals surface area contributed by atoms with E-state index in [1.165, 1.54) is 6.07 Å². The van der Waals surface area contributed by atoms with Crippen molar-refractivity contribution < 1.29 is 22.6 Å². The maximum atomic E-state index is 12.6. The van der Waals surface area contributed by atoms with E-state index in [1.54, 1.807) is 25.3 Å². The Labute approximate surface area is 166 Å². The molecule has 152 valence electrons. The Morgan fingerprint density at radius 1 is 1.07 bits per heavy atom. The Kier molecular flexibility index (Phi) is 5.04. The monoisotopic (exact) mass is 403 g/mol. The number of nitrogens with zero attached hydrogens (tertiary/aromatic N) is 3. The van der Waals surface area contributed by atoms with Gasteiger partial charge in [0.1, 0.15) is 11.6 Å². The smallest absolute Gasteiger partial charge is 0.406 e. The molecule has 4 rings (SSSR count). The van der Waals surface area contributed by atoms with Gasteiger partial charge in [0, 0.05) is 41.7 Å². The van der Waals surface area contributed by atoms with Crippen LogP contribution in [0.25, 0.3) is 22.6 Å². The molecule has 0 radical (unpaired) electrons. The molecule has 0 amide bonds. The summed E-state index contributed by atoms with van der Waals surface area (Å²) in [5.41, 5.74) is 4.88. The van der Waals surface area contributed by atoms with E-state index in [2.05, 4.69) is 14.3 Å². The van der Waals surface area contributed by atoms with Gasteiger partial charge in [-0.25, -0.2) is 4.98 Å². The number of aromatic nitrogens is 3. The molecule has 5 nitrogen and oxygen atoms in total. The van der Waals surface area contributed by atoms with Gasteiger partial charge in [-0.05, 0) is 49.7 Å². The highest BCUT2D eigenvalue weighted by molar-refractivity contribution is 5.69. The fourth-order valence-electron chi connectivity index (χ4n) is 3.58. The zero-order valence-electron chi connectivity index (χ0n) is 16.1. The predicted molar refractivity (Wildman–Crippen MR) is 102 cm³/mol. The molecular formula is C21H20F3N3O2. The van der Waals surface area contributed by atoms with Crippen molar-refractivity contribution in [3.63, 3.8) is 0 Å². The number of hydrogen-bond donors (Lipinski definition) is 0. The van der Waals surface area contributed by atoms with E-state index in [1.807, 2.05) is 19.1 Å². The second-order valence-corrected chi connectivity index (χ2v) is 6.96. The molecule has 1 aromatic carbocycles. The minimum Gasteiger partial charge on any atom is -0.406 e. The summed E-state index contributed by atoms with van der Waals surface area (Å²) >= 11 is 0. The molecule has 0 unspecified atom stereocenters. The molecule has 3 aromatic rings. The van der Waals surface area contributed by atoms with Gasteiger partial charge in [0.05, 0.1) is 18.9 Å². The number of halogens is 3. The van der Waals surface area contributed by atoms with Crippen LogP contribution < -0.4 is 4.74 Å². The summed E-state index contributed by atoms with van der Waals surface area (Å²) < 4.78 is 49.6. The van der Waals surface area contributed by atoms with Crippen LogP contribution in [0.3, 0.4) is 0 Å². The van der Waals surface area contributed by atoms with E-state index in [4.69, 9.17) is 9.72 Å². The molecule has 1 aliphatic heterocycles. The first kappa shape index (κ1) is 19.4. The number of benzene rings is 1. The fourth-order valence-corrected chi connectivity index (χ4v) is 3.58. The molecule has 2 aromatic heterocycles. The van der Waals surface area contributed by atoms with Gasteiger partial charge in [0.15, 0.2) is 0 Å². The number of hydrogen-bond acceptors (Lipinski definition) is 4. The zero-order chi connectivity index (χ0) is 20.6. The van der Waals surface area contributed by atoms with Crippen LogP contribution in [-0.4, -0.2) is 34.1 Å². The molecule has 0 saturated heterocycles. The van der Waals surface area contributed by atoms with Crippen LogP contribution in [0.2, 0.25) is 0 Å². The van der Waals surface area contributed by atoms with Crippen LogP contribution in [0.4, 0.5) is 13.2 Å². The summed E-state index contributed by atoms with van der Waals surface area (Å²) in [4.78, 5) is 9.12. The first-order chi connectivity index (χ1) is 13.8. The van der Waals surface area contributed by atoms with E-state index < -0.39 is 6.36 Å². The lowest BCUT2D eigenvalue weighted by Gasteiger charge is -2.13. The topological polar surface area (TPSA) is 49.2 Å². The van der Waals surface area contributed by atoms with Gasteiger partial charge in [-0.15, -0.1) is 13.2 Å². The van der Waals surface area contributed by atoms with E-state index in [0.29, 0.717) is 37.6 Å². The van der Waals surface area contributed by atoms with Crippen molar-refractivity contribution in [3.8, 4) is 28.4 Å². The third-order valence-corrected chi connectivity index (χ3v) is 4.84. The third-order valence-electron chi connectivity index (χ3n) is 4.84. The Bertz CT molecular complexity index is 1040. The van der Waals surface area contributed by atoms with Gasteiger partial charge < -0.3 is 14.0 Å². The van der Waals surface area contributed by atoms with Gasteiger partial charge in [-0.2, -0.15) is 0 Å². The molecule has 8 heteroatoms. The SMILES string of the molecule is Cc1cc(-c2nc(-c3ccc(OC(F)(F)F)c(C)c3)n3c2CCOCC3)ccn1. The molecule has 29 heavy (non-hydrogen) atoms. The lowest BCUT2D eigenvalue weighted by molar-refractivity contribution is -0.274. The number of fused-ring (bicyclic) bond motifs is 1. The second kappa shape index (κ2) is 7.51. The van der Waals surface area contributed by atoms with Gasteiger partial charge in [-0.3, -0.25) is 4.98 Å². The highest BCUT2D eigenvalue weighted by Gasteiger charge is 2.32. The molecule has 0 bridgehead atoms. The maximum Gasteiger partial charge on any atom is 0.573 e. The van der Waals surface area contributed by atoms with Crippen molar-refractivity contribution in [2.24, 2.45) is 0 Å². The van der Waals surface area contributed by atoms with E-state index in [-0.39, 0.29) is 5.75 Å². The number of rotatable bonds is 3. The molecule has 0 spiro atoms. The molecule has 1 aliphatic rings. The average molecular weight is 403 g/mol. The largest absolute Gasteiger partial charge is 0.573 e. The van der Waals surface area contributed by atoms with Crippen LogP contribution >= 0.6 is 0 Å². The van der Waals surface area contributed by atoms with Crippen LogP contribution in [-0.2, 0) is 17.7 Å². The van der Waals surface area contributed by atoms with Crippen molar-refractivity contribution in [3.05, 3.63) is 53.5 Å². The first-order valence-corrected chi connectivity index (χ1v) is 9.29. The van der Waals surface area contributed by atoms with E-state index >= 15 is 0 Å². The van der Waals surface area contributed by atoms with Crippen LogP contribution in [0, 0.1) is 13.8 Å². The highest BCUT2D eigenvalue weighted by Crippen LogP contribution is 2.34. The highest BCUT2D eigenvalue weighted by atomic mass is 19.4. The Hall–Kier alpha value is -2.87. The van der Waals surface area contributed by atoms with Gasteiger partial charge in [0.2, 0.25) is 0 Å². The maximum absolute atomic E-state index is 12.6. The number of pyridine rings is 1. The third kappa shape index (κ3) is 4.12. The Balaban J connectivity index is 1.81. The zero-order valence-corrected chi connectivity index (χ0v) is 16.1. The van der Waals surface area contributed by atoms with Gasteiger partial charge in [-0.1, -0.05) is 0 Å². The molecule has 0 aliphatic carbocycles. The van der Waals surface area contributed by atoms with Gasteiger partial charge >= 0.3 is 6.36 Å². The second-order valence-electron chi connectivity index (χ2n) is 6.96. The van der Waals surface area contributed by atoms with E-state index in [9.17, 15) is 13.2 Å². The minimum atomic E-state index is -4.72. The summed E-state index contributed by atoms with van der Waals surface area (Å²) in [5.74, 6) is 0.494. The predicted octanol–water partition coefficient (Wildman–Crippen LogP) is 4.70. The first-order valence-electron chi connectivity index (χ1n) is 9.29. The lowest BCUT2D eigenvalue weighted by Crippen LogP contribution is -2.17. The summed E-state index contributed by atoms with van der Waals surface area (Å²) in [5, 5.41) is 0. The van der Waals surface area contributed by atoms with Crippen LogP contribution in [0.5, 0.6) is 5.75 Å². The van der Waals surface area contributed by atoms with Crippen molar-refractivity contribution in [1.29, 1.82) is 0 Å².